The van der Waals surface area contributed by atoms with Crippen LogP contribution in [0.25, 0.3) is 5.57 Å². The van der Waals surface area contributed by atoms with Crippen LogP contribution >= 0.6 is 0 Å². The van der Waals surface area contributed by atoms with E-state index in [0.717, 1.165) is 18.5 Å². The fourth-order valence-corrected chi connectivity index (χ4v) is 1.84. The molecule has 1 aliphatic rings. The van der Waals surface area contributed by atoms with Crippen molar-refractivity contribution in [3.8, 4) is 0 Å². The Balaban J connectivity index is 2.39. The zero-order valence-electron chi connectivity index (χ0n) is 8.46. The van der Waals surface area contributed by atoms with Gasteiger partial charge in [-0.15, -0.1) is 0 Å². The molecule has 0 heterocycles. The fraction of sp³-hybridized carbons (Fsp3) is 0.231. The summed E-state index contributed by atoms with van der Waals surface area (Å²) >= 11 is 0. The molecule has 0 aliphatic heterocycles. The molecule has 1 heteroatoms. The van der Waals surface area contributed by atoms with Gasteiger partial charge in [-0.1, -0.05) is 24.3 Å². The Hall–Kier alpha value is -1.50. The van der Waals surface area contributed by atoms with Crippen LogP contribution in [0.1, 0.15) is 25.3 Å². The number of hydrogen-bond acceptors (Lipinski definition) is 1. The minimum absolute atomic E-state index is 0.832. The summed E-state index contributed by atoms with van der Waals surface area (Å²) in [6, 6.07) is 8.14. The minimum atomic E-state index is 0.832. The van der Waals surface area contributed by atoms with E-state index in [4.69, 9.17) is 5.73 Å². The Morgan fingerprint density at radius 1 is 1.14 bits per heavy atom. The molecule has 0 spiro atoms. The van der Waals surface area contributed by atoms with Crippen molar-refractivity contribution >= 4 is 11.3 Å². The molecule has 72 valence electrons. The first-order chi connectivity index (χ1) is 6.77. The number of anilines is 1. The molecule has 1 aromatic rings. The van der Waals surface area contributed by atoms with E-state index in [0.29, 0.717) is 0 Å². The highest BCUT2D eigenvalue weighted by atomic mass is 14.5. The van der Waals surface area contributed by atoms with Crippen molar-refractivity contribution in [2.24, 2.45) is 0 Å². The Kier molecular flexibility index (Phi) is 2.40. The second-order valence-electron chi connectivity index (χ2n) is 3.72. The lowest BCUT2D eigenvalue weighted by atomic mass is 9.92. The van der Waals surface area contributed by atoms with Crippen LogP contribution in [0.4, 0.5) is 5.69 Å². The average Bonchev–Trinajstić information content (AvgIpc) is 2.20. The predicted octanol–water partition coefficient (Wildman–Crippen LogP) is 3.39. The molecule has 2 N–H and O–H groups in total. The molecule has 0 atom stereocenters. The van der Waals surface area contributed by atoms with Crippen LogP contribution in [0.15, 0.2) is 42.0 Å². The number of nitrogens with two attached hydrogens (primary N) is 1. The van der Waals surface area contributed by atoms with Gasteiger partial charge in [0.15, 0.2) is 0 Å². The standard InChI is InChI=1S/C13H15N/c1-10-4-2-3-5-13(10)11-6-8-12(14)9-7-11/h2,4,6-9H,3,5,14H2,1H3. The van der Waals surface area contributed by atoms with Crippen LogP contribution < -0.4 is 5.73 Å². The maximum Gasteiger partial charge on any atom is 0.0314 e. The summed E-state index contributed by atoms with van der Waals surface area (Å²) in [5.74, 6) is 0. The van der Waals surface area contributed by atoms with Crippen LogP contribution in [0.5, 0.6) is 0 Å². The lowest BCUT2D eigenvalue weighted by Gasteiger charge is -2.13. The largest absolute Gasteiger partial charge is 0.399 e. The van der Waals surface area contributed by atoms with Crippen molar-refractivity contribution in [1.29, 1.82) is 0 Å². The topological polar surface area (TPSA) is 26.0 Å². The van der Waals surface area contributed by atoms with Crippen LogP contribution in [0.3, 0.4) is 0 Å². The first-order valence-electron chi connectivity index (χ1n) is 4.99. The minimum Gasteiger partial charge on any atom is -0.399 e. The Morgan fingerprint density at radius 2 is 1.86 bits per heavy atom. The molecular weight excluding hydrogens is 170 g/mol. The molecule has 0 saturated carbocycles. The third-order valence-corrected chi connectivity index (χ3v) is 2.66. The Morgan fingerprint density at radius 3 is 2.50 bits per heavy atom. The quantitative estimate of drug-likeness (QED) is 0.667. The van der Waals surface area contributed by atoms with Gasteiger partial charge in [0.25, 0.3) is 0 Å². The van der Waals surface area contributed by atoms with E-state index >= 15 is 0 Å². The Labute approximate surface area is 84.9 Å². The van der Waals surface area contributed by atoms with Gasteiger partial charge in [0.05, 0.1) is 0 Å². The predicted molar refractivity (Wildman–Crippen MR) is 61.8 cm³/mol. The lowest BCUT2D eigenvalue weighted by molar-refractivity contribution is 1.04. The maximum absolute atomic E-state index is 5.66. The van der Waals surface area contributed by atoms with Gasteiger partial charge in [-0.25, -0.2) is 0 Å². The molecule has 1 aliphatic carbocycles. The first kappa shape index (κ1) is 9.07. The molecule has 1 aromatic carbocycles. The van der Waals surface area contributed by atoms with Gasteiger partial charge < -0.3 is 5.73 Å². The van der Waals surface area contributed by atoms with Gasteiger partial charge in [0.1, 0.15) is 0 Å². The summed E-state index contributed by atoms with van der Waals surface area (Å²) < 4.78 is 0. The van der Waals surface area contributed by atoms with Gasteiger partial charge in [-0.05, 0) is 48.6 Å². The molecule has 0 bridgehead atoms. The SMILES string of the molecule is CC1=C(c2ccc(N)cc2)CCC=C1. The molecule has 0 saturated heterocycles. The molecule has 0 radical (unpaired) electrons. The highest BCUT2D eigenvalue weighted by Gasteiger charge is 2.06. The van der Waals surface area contributed by atoms with Gasteiger partial charge in [-0.3, -0.25) is 0 Å². The molecule has 1 nitrogen and oxygen atoms in total. The van der Waals surface area contributed by atoms with E-state index < -0.39 is 0 Å². The van der Waals surface area contributed by atoms with E-state index in [-0.39, 0.29) is 0 Å². The second-order valence-corrected chi connectivity index (χ2v) is 3.72. The summed E-state index contributed by atoms with van der Waals surface area (Å²) in [5, 5.41) is 0. The summed E-state index contributed by atoms with van der Waals surface area (Å²) in [6.07, 6.45) is 6.73. The van der Waals surface area contributed by atoms with E-state index in [1.807, 2.05) is 12.1 Å². The van der Waals surface area contributed by atoms with Crippen LogP contribution in [-0.4, -0.2) is 0 Å². The smallest absolute Gasteiger partial charge is 0.0314 e. The monoisotopic (exact) mass is 185 g/mol. The maximum atomic E-state index is 5.66. The van der Waals surface area contributed by atoms with Crippen molar-refractivity contribution in [2.45, 2.75) is 19.8 Å². The summed E-state index contributed by atoms with van der Waals surface area (Å²) in [7, 11) is 0. The van der Waals surface area contributed by atoms with Crippen LogP contribution in [-0.2, 0) is 0 Å². The van der Waals surface area contributed by atoms with Crippen molar-refractivity contribution in [3.05, 3.63) is 47.6 Å². The van der Waals surface area contributed by atoms with Gasteiger partial charge in [0, 0.05) is 5.69 Å². The summed E-state index contributed by atoms with van der Waals surface area (Å²) in [4.78, 5) is 0. The van der Waals surface area contributed by atoms with Crippen molar-refractivity contribution < 1.29 is 0 Å². The Bertz CT molecular complexity index is 382. The van der Waals surface area contributed by atoms with E-state index in [1.54, 1.807) is 0 Å². The third kappa shape index (κ3) is 1.72. The van der Waals surface area contributed by atoms with Crippen LogP contribution in [0.2, 0.25) is 0 Å². The van der Waals surface area contributed by atoms with Crippen molar-refractivity contribution in [2.75, 3.05) is 5.73 Å². The van der Waals surface area contributed by atoms with Crippen molar-refractivity contribution in [3.63, 3.8) is 0 Å². The fourth-order valence-electron chi connectivity index (χ4n) is 1.84. The average molecular weight is 185 g/mol. The number of hydrogen-bond donors (Lipinski definition) is 1. The normalized spacial score (nSPS) is 16.1. The third-order valence-electron chi connectivity index (χ3n) is 2.66. The van der Waals surface area contributed by atoms with E-state index in [9.17, 15) is 0 Å². The highest BCUT2D eigenvalue weighted by molar-refractivity contribution is 5.72. The molecule has 2 rings (SSSR count). The number of benzene rings is 1. The summed E-state index contributed by atoms with van der Waals surface area (Å²) in [5.41, 5.74) is 10.6. The van der Waals surface area contributed by atoms with Gasteiger partial charge in [-0.2, -0.15) is 0 Å². The first-order valence-corrected chi connectivity index (χ1v) is 4.99. The van der Waals surface area contributed by atoms with E-state index in [2.05, 4.69) is 31.2 Å². The zero-order valence-corrected chi connectivity index (χ0v) is 8.46. The summed E-state index contributed by atoms with van der Waals surface area (Å²) in [6.45, 7) is 2.17. The molecule has 0 fully saturated rings. The molecular formula is C13H15N. The molecule has 0 unspecified atom stereocenters. The zero-order chi connectivity index (χ0) is 9.97. The van der Waals surface area contributed by atoms with E-state index in [1.165, 1.54) is 16.7 Å². The molecule has 14 heavy (non-hydrogen) atoms. The van der Waals surface area contributed by atoms with Gasteiger partial charge >= 0.3 is 0 Å². The van der Waals surface area contributed by atoms with Crippen molar-refractivity contribution in [1.82, 2.24) is 0 Å². The highest BCUT2D eigenvalue weighted by Crippen LogP contribution is 2.28. The number of rotatable bonds is 1. The number of nitrogen functional groups attached to an aromatic ring is 1. The molecule has 0 aromatic heterocycles. The van der Waals surface area contributed by atoms with Crippen LogP contribution in [0, 0.1) is 0 Å². The second kappa shape index (κ2) is 3.70. The van der Waals surface area contributed by atoms with Gasteiger partial charge in [0.2, 0.25) is 0 Å². The number of allylic oxidation sites excluding steroid dienone is 4. The molecule has 0 amide bonds. The lowest BCUT2D eigenvalue weighted by Crippen LogP contribution is -1.93.